The molecular weight excluding hydrogens is 326 g/mol. The first-order chi connectivity index (χ1) is 8.85. The van der Waals surface area contributed by atoms with Gasteiger partial charge in [0, 0.05) is 14.6 Å². The smallest absolute Gasteiger partial charge is 0.325 e. The molecule has 1 rings (SSSR count). The number of nitrogens with two attached hydrogens (primary N) is 1. The third-order valence-electron chi connectivity index (χ3n) is 2.59. The molecule has 0 bridgehead atoms. The molecule has 0 aliphatic rings. The minimum Gasteiger partial charge on any atom is -0.465 e. The van der Waals surface area contributed by atoms with E-state index in [1.807, 2.05) is 18.2 Å². The van der Waals surface area contributed by atoms with Gasteiger partial charge >= 0.3 is 5.97 Å². The average molecular weight is 346 g/mol. The van der Waals surface area contributed by atoms with Crippen LogP contribution in [0.3, 0.4) is 0 Å². The number of thioether (sulfide) groups is 1. The monoisotopic (exact) mass is 345 g/mol. The van der Waals surface area contributed by atoms with Crippen molar-refractivity contribution in [2.45, 2.75) is 42.9 Å². The number of carbonyl (C=O) groups is 1. The zero-order valence-electron chi connectivity index (χ0n) is 11.5. The first-order valence-corrected chi connectivity index (χ1v) is 7.90. The van der Waals surface area contributed by atoms with Crippen LogP contribution in [-0.2, 0) is 9.53 Å². The van der Waals surface area contributed by atoms with Gasteiger partial charge in [0.1, 0.15) is 5.54 Å². The van der Waals surface area contributed by atoms with Gasteiger partial charge in [-0.3, -0.25) is 4.79 Å². The van der Waals surface area contributed by atoms with Gasteiger partial charge in [-0.25, -0.2) is 0 Å². The second-order valence-corrected chi connectivity index (χ2v) is 7.16. The van der Waals surface area contributed by atoms with Gasteiger partial charge in [0.2, 0.25) is 0 Å². The Hall–Kier alpha value is -0.520. The van der Waals surface area contributed by atoms with Crippen LogP contribution in [0.25, 0.3) is 0 Å². The largest absolute Gasteiger partial charge is 0.465 e. The Morgan fingerprint density at radius 2 is 2.26 bits per heavy atom. The van der Waals surface area contributed by atoms with E-state index in [1.54, 1.807) is 25.6 Å². The average Bonchev–Trinajstić information content (AvgIpc) is 2.28. The van der Waals surface area contributed by atoms with Gasteiger partial charge in [-0.05, 0) is 38.5 Å². The maximum Gasteiger partial charge on any atom is 0.325 e. The van der Waals surface area contributed by atoms with Crippen LogP contribution in [0.5, 0.6) is 0 Å². The van der Waals surface area contributed by atoms with E-state index in [9.17, 15) is 4.79 Å². The number of halogens is 1. The summed E-state index contributed by atoms with van der Waals surface area (Å²) in [6.45, 7) is 5.94. The van der Waals surface area contributed by atoms with Crippen LogP contribution in [0.4, 0.5) is 0 Å². The van der Waals surface area contributed by atoms with Gasteiger partial charge < -0.3 is 10.5 Å². The summed E-state index contributed by atoms with van der Waals surface area (Å²) >= 11 is 5.15. The quantitative estimate of drug-likeness (QED) is 0.632. The van der Waals surface area contributed by atoms with E-state index in [-0.39, 0.29) is 11.2 Å². The van der Waals surface area contributed by atoms with Crippen molar-refractivity contribution in [3.63, 3.8) is 0 Å². The van der Waals surface area contributed by atoms with Gasteiger partial charge in [0.25, 0.3) is 0 Å². The van der Waals surface area contributed by atoms with Gasteiger partial charge in [0.05, 0.1) is 6.61 Å². The zero-order valence-corrected chi connectivity index (χ0v) is 13.9. The van der Waals surface area contributed by atoms with Crippen molar-refractivity contribution in [3.05, 3.63) is 28.7 Å². The van der Waals surface area contributed by atoms with E-state index in [4.69, 9.17) is 10.5 Å². The lowest BCUT2D eigenvalue weighted by atomic mass is 9.98. The Balaban J connectivity index is 2.59. The molecule has 106 valence electrons. The molecule has 19 heavy (non-hydrogen) atoms. The fourth-order valence-electron chi connectivity index (χ4n) is 1.79. The van der Waals surface area contributed by atoms with Crippen molar-refractivity contribution in [1.82, 2.24) is 0 Å². The van der Waals surface area contributed by atoms with Crippen molar-refractivity contribution < 1.29 is 9.53 Å². The maximum absolute atomic E-state index is 11.7. The Labute approximate surface area is 127 Å². The molecule has 2 atom stereocenters. The highest BCUT2D eigenvalue weighted by Crippen LogP contribution is 2.30. The van der Waals surface area contributed by atoms with Crippen LogP contribution < -0.4 is 5.73 Å². The summed E-state index contributed by atoms with van der Waals surface area (Å²) in [6.07, 6.45) is 0.572. The van der Waals surface area contributed by atoms with E-state index in [1.165, 1.54) is 0 Å². The van der Waals surface area contributed by atoms with Crippen LogP contribution in [-0.4, -0.2) is 23.4 Å². The number of ether oxygens (including phenoxy) is 1. The third kappa shape index (κ3) is 5.55. The third-order valence-corrected chi connectivity index (χ3v) is 4.17. The summed E-state index contributed by atoms with van der Waals surface area (Å²) in [5.74, 6) is -0.336. The Morgan fingerprint density at radius 1 is 1.58 bits per heavy atom. The summed E-state index contributed by atoms with van der Waals surface area (Å²) in [7, 11) is 0. The first-order valence-electron chi connectivity index (χ1n) is 6.23. The summed E-state index contributed by atoms with van der Waals surface area (Å²) in [4.78, 5) is 12.9. The second-order valence-electron chi connectivity index (χ2n) is 4.73. The topological polar surface area (TPSA) is 52.3 Å². The van der Waals surface area contributed by atoms with Crippen molar-refractivity contribution in [2.75, 3.05) is 6.61 Å². The SMILES string of the molecule is CCOC(=O)C(C)(N)CC(C)Sc1cccc(Br)c1. The summed E-state index contributed by atoms with van der Waals surface area (Å²) in [5, 5.41) is 0.230. The molecule has 1 aromatic rings. The van der Waals surface area contributed by atoms with Crippen molar-refractivity contribution in [3.8, 4) is 0 Å². The Morgan fingerprint density at radius 3 is 2.84 bits per heavy atom. The summed E-state index contributed by atoms with van der Waals surface area (Å²) in [5.41, 5.74) is 5.10. The first kappa shape index (κ1) is 16.5. The zero-order chi connectivity index (χ0) is 14.5. The molecule has 0 heterocycles. The van der Waals surface area contributed by atoms with Gasteiger partial charge in [-0.2, -0.15) is 0 Å². The second kappa shape index (κ2) is 7.31. The predicted octanol–water partition coefficient (Wildman–Crippen LogP) is 3.60. The number of benzene rings is 1. The molecule has 0 amide bonds. The normalized spacial score (nSPS) is 15.6. The van der Waals surface area contributed by atoms with E-state index >= 15 is 0 Å². The van der Waals surface area contributed by atoms with Crippen LogP contribution in [0.1, 0.15) is 27.2 Å². The van der Waals surface area contributed by atoms with Gasteiger partial charge in [-0.1, -0.05) is 28.9 Å². The van der Waals surface area contributed by atoms with Gasteiger partial charge in [0.15, 0.2) is 0 Å². The molecule has 0 radical (unpaired) electrons. The molecular formula is C14H20BrNO2S. The minimum atomic E-state index is -0.936. The number of hydrogen-bond donors (Lipinski definition) is 1. The number of esters is 1. The Bertz CT molecular complexity index is 437. The van der Waals surface area contributed by atoms with E-state index in [0.29, 0.717) is 13.0 Å². The predicted molar refractivity (Wildman–Crippen MR) is 83.3 cm³/mol. The van der Waals surface area contributed by atoms with Crippen LogP contribution in [0, 0.1) is 0 Å². The number of carbonyl (C=O) groups excluding carboxylic acids is 1. The minimum absolute atomic E-state index is 0.230. The van der Waals surface area contributed by atoms with E-state index < -0.39 is 5.54 Å². The maximum atomic E-state index is 11.7. The lowest BCUT2D eigenvalue weighted by molar-refractivity contribution is -0.149. The fourth-order valence-corrected chi connectivity index (χ4v) is 3.59. The highest BCUT2D eigenvalue weighted by atomic mass is 79.9. The lowest BCUT2D eigenvalue weighted by Crippen LogP contribution is -2.47. The molecule has 0 spiro atoms. The molecule has 0 aliphatic heterocycles. The number of hydrogen-bond acceptors (Lipinski definition) is 4. The molecule has 0 aromatic heterocycles. The van der Waals surface area contributed by atoms with Crippen molar-refractivity contribution in [2.24, 2.45) is 5.73 Å². The molecule has 0 saturated heterocycles. The van der Waals surface area contributed by atoms with Gasteiger partial charge in [-0.15, -0.1) is 11.8 Å². The highest BCUT2D eigenvalue weighted by molar-refractivity contribution is 9.10. The molecule has 0 saturated carbocycles. The van der Waals surface area contributed by atoms with E-state index in [2.05, 4.69) is 28.9 Å². The number of rotatable bonds is 6. The molecule has 3 nitrogen and oxygen atoms in total. The fraction of sp³-hybridized carbons (Fsp3) is 0.500. The molecule has 0 fully saturated rings. The molecule has 5 heteroatoms. The van der Waals surface area contributed by atoms with Crippen LogP contribution in [0.15, 0.2) is 33.6 Å². The van der Waals surface area contributed by atoms with E-state index in [0.717, 1.165) is 9.37 Å². The van der Waals surface area contributed by atoms with Crippen molar-refractivity contribution in [1.29, 1.82) is 0 Å². The molecule has 2 unspecified atom stereocenters. The Kier molecular flexibility index (Phi) is 6.36. The lowest BCUT2D eigenvalue weighted by Gasteiger charge is -2.25. The van der Waals surface area contributed by atoms with Crippen LogP contribution >= 0.6 is 27.7 Å². The molecule has 0 aliphatic carbocycles. The molecule has 2 N–H and O–H groups in total. The molecule has 1 aromatic carbocycles. The summed E-state index contributed by atoms with van der Waals surface area (Å²) in [6, 6.07) is 8.08. The van der Waals surface area contributed by atoms with Crippen molar-refractivity contribution >= 4 is 33.7 Å². The highest BCUT2D eigenvalue weighted by Gasteiger charge is 2.32. The standard InChI is InChI=1S/C14H20BrNO2S/c1-4-18-13(17)14(3,16)9-10(2)19-12-7-5-6-11(15)8-12/h5-8,10H,4,9,16H2,1-3H3. The van der Waals surface area contributed by atoms with Crippen LogP contribution in [0.2, 0.25) is 0 Å². The summed E-state index contributed by atoms with van der Waals surface area (Å²) < 4.78 is 6.04.